The van der Waals surface area contributed by atoms with Gasteiger partial charge in [-0.2, -0.15) is 0 Å². The maximum Gasteiger partial charge on any atom is 0.315 e. The van der Waals surface area contributed by atoms with Crippen molar-refractivity contribution in [2.24, 2.45) is 0 Å². The van der Waals surface area contributed by atoms with Gasteiger partial charge in [-0.05, 0) is 24.8 Å². The molecule has 0 saturated carbocycles. The third-order valence-corrected chi connectivity index (χ3v) is 4.22. The minimum atomic E-state index is -0.320. The zero-order chi connectivity index (χ0) is 16.8. The van der Waals surface area contributed by atoms with Crippen molar-refractivity contribution in [3.63, 3.8) is 0 Å². The molecule has 0 fully saturated rings. The van der Waals surface area contributed by atoms with E-state index in [4.69, 9.17) is 0 Å². The van der Waals surface area contributed by atoms with Crippen molar-refractivity contribution in [2.75, 3.05) is 6.61 Å². The molecule has 3 rings (SSSR count). The number of carbonyl (C=O) groups excluding carboxylic acids is 1. The number of benzene rings is 1. The molecule has 0 spiro atoms. The minimum absolute atomic E-state index is 0.108. The molecular formula is C17H23N5O2. The number of amides is 2. The molecule has 0 bridgehead atoms. The highest BCUT2D eigenvalue weighted by Gasteiger charge is 2.17. The lowest BCUT2D eigenvalue weighted by molar-refractivity contribution is 0.215. The zero-order valence-electron chi connectivity index (χ0n) is 13.6. The number of urea groups is 1. The summed E-state index contributed by atoms with van der Waals surface area (Å²) in [7, 11) is 0. The molecule has 2 aromatic rings. The van der Waals surface area contributed by atoms with Gasteiger partial charge in [-0.3, -0.25) is 0 Å². The van der Waals surface area contributed by atoms with E-state index in [0.717, 1.165) is 43.0 Å². The Kier molecular flexibility index (Phi) is 5.43. The Bertz CT molecular complexity index is 671. The largest absolute Gasteiger partial charge is 0.394 e. The van der Waals surface area contributed by atoms with Crippen LogP contribution in [0.3, 0.4) is 0 Å². The Morgan fingerprint density at radius 1 is 1.25 bits per heavy atom. The van der Waals surface area contributed by atoms with Crippen LogP contribution in [0.2, 0.25) is 0 Å². The molecule has 7 nitrogen and oxygen atoms in total. The number of fused-ring (bicyclic) bond motifs is 1. The van der Waals surface area contributed by atoms with Crippen LogP contribution < -0.4 is 10.6 Å². The van der Waals surface area contributed by atoms with Gasteiger partial charge in [0, 0.05) is 13.0 Å². The average molecular weight is 329 g/mol. The maximum atomic E-state index is 12.1. The first kappa shape index (κ1) is 16.4. The number of aromatic nitrogens is 3. The number of hydrogen-bond donors (Lipinski definition) is 3. The van der Waals surface area contributed by atoms with Gasteiger partial charge in [0.15, 0.2) is 5.82 Å². The number of rotatable bonds is 6. The monoisotopic (exact) mass is 329 g/mol. The summed E-state index contributed by atoms with van der Waals surface area (Å²) >= 11 is 0. The summed E-state index contributed by atoms with van der Waals surface area (Å²) in [6.07, 6.45) is 3.80. The molecule has 0 saturated heterocycles. The van der Waals surface area contributed by atoms with E-state index in [-0.39, 0.29) is 18.7 Å². The van der Waals surface area contributed by atoms with Crippen molar-refractivity contribution in [1.29, 1.82) is 0 Å². The lowest BCUT2D eigenvalue weighted by Crippen LogP contribution is -2.44. The van der Waals surface area contributed by atoms with Crippen LogP contribution in [-0.2, 0) is 25.9 Å². The Morgan fingerprint density at radius 3 is 2.88 bits per heavy atom. The summed E-state index contributed by atoms with van der Waals surface area (Å²) in [4.78, 5) is 12.1. The van der Waals surface area contributed by atoms with Crippen LogP contribution in [0.25, 0.3) is 0 Å². The Morgan fingerprint density at radius 2 is 2.08 bits per heavy atom. The van der Waals surface area contributed by atoms with E-state index in [2.05, 4.69) is 25.4 Å². The predicted octanol–water partition coefficient (Wildman–Crippen LogP) is 1.02. The van der Waals surface area contributed by atoms with Crippen LogP contribution in [0.15, 0.2) is 30.3 Å². The minimum Gasteiger partial charge on any atom is -0.394 e. The molecule has 128 valence electrons. The van der Waals surface area contributed by atoms with Crippen molar-refractivity contribution in [2.45, 2.75) is 44.8 Å². The van der Waals surface area contributed by atoms with Crippen LogP contribution in [0, 0.1) is 0 Å². The highest BCUT2D eigenvalue weighted by Crippen LogP contribution is 2.13. The SMILES string of the molecule is O=C(NCc1nnc2n1CCCC2)N[C@H](CO)Cc1ccccc1. The number of aliphatic hydroxyl groups is 1. The molecule has 0 unspecified atom stereocenters. The van der Waals surface area contributed by atoms with Gasteiger partial charge in [0.05, 0.1) is 19.2 Å². The first-order valence-corrected chi connectivity index (χ1v) is 8.36. The smallest absolute Gasteiger partial charge is 0.315 e. The fourth-order valence-electron chi connectivity index (χ4n) is 2.95. The van der Waals surface area contributed by atoms with Gasteiger partial charge in [0.1, 0.15) is 5.82 Å². The van der Waals surface area contributed by atoms with Crippen molar-refractivity contribution in [3.05, 3.63) is 47.5 Å². The van der Waals surface area contributed by atoms with Crippen molar-refractivity contribution in [3.8, 4) is 0 Å². The third-order valence-electron chi connectivity index (χ3n) is 4.22. The predicted molar refractivity (Wildman–Crippen MR) is 89.4 cm³/mol. The fourth-order valence-corrected chi connectivity index (χ4v) is 2.95. The third kappa shape index (κ3) is 4.11. The summed E-state index contributed by atoms with van der Waals surface area (Å²) in [6, 6.07) is 9.15. The highest BCUT2D eigenvalue weighted by molar-refractivity contribution is 5.74. The van der Waals surface area contributed by atoms with E-state index in [1.54, 1.807) is 0 Å². The Balaban J connectivity index is 1.50. The maximum absolute atomic E-state index is 12.1. The standard InChI is InChI=1S/C17H23N5O2/c23-12-14(10-13-6-2-1-3-7-13)19-17(24)18-11-16-21-20-15-8-4-5-9-22(15)16/h1-3,6-7,14,23H,4-5,8-12H2,(H2,18,19,24)/t14-/m0/s1. The number of aryl methyl sites for hydroxylation is 1. The Hall–Kier alpha value is -2.41. The molecule has 1 aromatic carbocycles. The van der Waals surface area contributed by atoms with Crippen LogP contribution in [-0.4, -0.2) is 38.6 Å². The van der Waals surface area contributed by atoms with E-state index in [1.807, 2.05) is 30.3 Å². The molecule has 3 N–H and O–H groups in total. The quantitative estimate of drug-likeness (QED) is 0.738. The number of hydrogen-bond acceptors (Lipinski definition) is 4. The number of aliphatic hydroxyl groups excluding tert-OH is 1. The van der Waals surface area contributed by atoms with Crippen molar-refractivity contribution < 1.29 is 9.90 Å². The molecule has 7 heteroatoms. The first-order chi connectivity index (χ1) is 11.8. The fraction of sp³-hybridized carbons (Fsp3) is 0.471. The second-order valence-corrected chi connectivity index (χ2v) is 6.04. The van der Waals surface area contributed by atoms with Gasteiger partial charge in [-0.25, -0.2) is 4.79 Å². The van der Waals surface area contributed by atoms with Crippen LogP contribution in [0.4, 0.5) is 4.79 Å². The highest BCUT2D eigenvalue weighted by atomic mass is 16.3. The molecule has 0 aliphatic carbocycles. The van der Waals surface area contributed by atoms with E-state index in [9.17, 15) is 9.90 Å². The summed E-state index contributed by atoms with van der Waals surface area (Å²) in [5.74, 6) is 1.78. The summed E-state index contributed by atoms with van der Waals surface area (Å²) in [5, 5.41) is 23.4. The van der Waals surface area contributed by atoms with E-state index >= 15 is 0 Å². The van der Waals surface area contributed by atoms with Gasteiger partial charge in [0.25, 0.3) is 0 Å². The first-order valence-electron chi connectivity index (χ1n) is 8.36. The normalized spacial score (nSPS) is 14.7. The number of nitrogens with zero attached hydrogens (tertiary/aromatic N) is 3. The Labute approximate surface area is 141 Å². The van der Waals surface area contributed by atoms with Gasteiger partial charge in [0.2, 0.25) is 0 Å². The van der Waals surface area contributed by atoms with E-state index in [1.165, 1.54) is 0 Å². The summed E-state index contributed by atoms with van der Waals surface area (Å²) in [6.45, 7) is 1.14. The average Bonchev–Trinajstić information content (AvgIpc) is 3.03. The lowest BCUT2D eigenvalue weighted by Gasteiger charge is -2.18. The van der Waals surface area contributed by atoms with Gasteiger partial charge < -0.3 is 20.3 Å². The molecule has 1 aliphatic heterocycles. The van der Waals surface area contributed by atoms with E-state index < -0.39 is 0 Å². The molecule has 2 heterocycles. The van der Waals surface area contributed by atoms with Crippen LogP contribution in [0.5, 0.6) is 0 Å². The second kappa shape index (κ2) is 7.92. The molecule has 1 aromatic heterocycles. The molecule has 0 radical (unpaired) electrons. The van der Waals surface area contributed by atoms with Crippen molar-refractivity contribution in [1.82, 2.24) is 25.4 Å². The second-order valence-electron chi connectivity index (χ2n) is 6.04. The van der Waals surface area contributed by atoms with Crippen LogP contribution >= 0.6 is 0 Å². The van der Waals surface area contributed by atoms with Gasteiger partial charge >= 0.3 is 6.03 Å². The molecule has 1 aliphatic rings. The lowest BCUT2D eigenvalue weighted by atomic mass is 10.1. The van der Waals surface area contributed by atoms with Crippen LogP contribution in [0.1, 0.15) is 30.1 Å². The zero-order valence-corrected chi connectivity index (χ0v) is 13.6. The summed E-state index contributed by atoms with van der Waals surface area (Å²) < 4.78 is 2.08. The molecular weight excluding hydrogens is 306 g/mol. The van der Waals surface area contributed by atoms with Crippen molar-refractivity contribution >= 4 is 6.03 Å². The topological polar surface area (TPSA) is 92.1 Å². The number of nitrogens with one attached hydrogen (secondary N) is 2. The summed E-state index contributed by atoms with van der Waals surface area (Å²) in [5.41, 5.74) is 1.07. The van der Waals surface area contributed by atoms with Gasteiger partial charge in [-0.15, -0.1) is 10.2 Å². The molecule has 1 atom stereocenters. The van der Waals surface area contributed by atoms with Gasteiger partial charge in [-0.1, -0.05) is 30.3 Å². The van der Waals surface area contributed by atoms with E-state index in [0.29, 0.717) is 13.0 Å². The number of carbonyl (C=O) groups is 1. The molecule has 2 amide bonds. The molecule has 24 heavy (non-hydrogen) atoms.